The largest absolute Gasteiger partial charge is 0.382 e. The Balaban J connectivity index is 1.88. The van der Waals surface area contributed by atoms with Gasteiger partial charge in [-0.1, -0.05) is 0 Å². The van der Waals surface area contributed by atoms with Crippen molar-refractivity contribution in [3.63, 3.8) is 0 Å². The maximum absolute atomic E-state index is 5.46. The van der Waals surface area contributed by atoms with Gasteiger partial charge in [0.2, 0.25) is 0 Å². The zero-order valence-corrected chi connectivity index (χ0v) is 12.1. The van der Waals surface area contributed by atoms with E-state index in [4.69, 9.17) is 9.47 Å². The number of nitrogens with one attached hydrogen (secondary N) is 1. The summed E-state index contributed by atoms with van der Waals surface area (Å²) in [7, 11) is 3.92. The van der Waals surface area contributed by atoms with Gasteiger partial charge in [-0.25, -0.2) is 0 Å². The fourth-order valence-corrected chi connectivity index (χ4v) is 2.37. The SMILES string of the molecule is COCCOCCCN(C)CCC1CCNCC1. The number of hydrogen-bond donors (Lipinski definition) is 1. The lowest BCUT2D eigenvalue weighted by Gasteiger charge is -2.25. The van der Waals surface area contributed by atoms with Gasteiger partial charge < -0.3 is 19.7 Å². The normalized spacial score (nSPS) is 17.5. The van der Waals surface area contributed by atoms with Crippen LogP contribution < -0.4 is 5.32 Å². The lowest BCUT2D eigenvalue weighted by Crippen LogP contribution is -2.30. The van der Waals surface area contributed by atoms with Crippen LogP contribution in [0.2, 0.25) is 0 Å². The molecule has 18 heavy (non-hydrogen) atoms. The third-order valence-corrected chi connectivity index (χ3v) is 3.64. The summed E-state index contributed by atoms with van der Waals surface area (Å²) in [6, 6.07) is 0. The van der Waals surface area contributed by atoms with E-state index in [1.54, 1.807) is 7.11 Å². The molecule has 108 valence electrons. The molecule has 0 aromatic rings. The summed E-state index contributed by atoms with van der Waals surface area (Å²) in [6.45, 7) is 7.05. The molecule has 0 unspecified atom stereocenters. The van der Waals surface area contributed by atoms with Gasteiger partial charge in [0.15, 0.2) is 0 Å². The zero-order chi connectivity index (χ0) is 13.1. The molecule has 1 fully saturated rings. The summed E-state index contributed by atoms with van der Waals surface area (Å²) < 4.78 is 10.4. The molecule has 0 atom stereocenters. The molecule has 0 bridgehead atoms. The van der Waals surface area contributed by atoms with Crippen LogP contribution in [-0.4, -0.2) is 65.1 Å². The number of ether oxygens (including phenoxy) is 2. The first-order valence-electron chi connectivity index (χ1n) is 7.29. The Morgan fingerprint density at radius 3 is 2.61 bits per heavy atom. The Hall–Kier alpha value is -0.160. The first-order chi connectivity index (χ1) is 8.83. The van der Waals surface area contributed by atoms with Gasteiger partial charge in [0.25, 0.3) is 0 Å². The second kappa shape index (κ2) is 10.7. The van der Waals surface area contributed by atoms with Crippen LogP contribution in [0.5, 0.6) is 0 Å². The van der Waals surface area contributed by atoms with Gasteiger partial charge in [0.1, 0.15) is 0 Å². The van der Waals surface area contributed by atoms with Gasteiger partial charge in [-0.15, -0.1) is 0 Å². The third kappa shape index (κ3) is 8.03. The van der Waals surface area contributed by atoms with E-state index < -0.39 is 0 Å². The summed E-state index contributed by atoms with van der Waals surface area (Å²) in [6.07, 6.45) is 5.18. The summed E-state index contributed by atoms with van der Waals surface area (Å²) in [4.78, 5) is 2.43. The average molecular weight is 258 g/mol. The molecule has 0 spiro atoms. The molecule has 1 saturated heterocycles. The predicted molar refractivity (Wildman–Crippen MR) is 75.0 cm³/mol. The van der Waals surface area contributed by atoms with Crippen molar-refractivity contribution in [2.45, 2.75) is 25.7 Å². The minimum atomic E-state index is 0.700. The summed E-state index contributed by atoms with van der Waals surface area (Å²) in [5.74, 6) is 0.937. The van der Waals surface area contributed by atoms with E-state index in [2.05, 4.69) is 17.3 Å². The molecule has 0 amide bonds. The Labute approximate surface area is 112 Å². The topological polar surface area (TPSA) is 33.7 Å². The highest BCUT2D eigenvalue weighted by Gasteiger charge is 2.13. The summed E-state index contributed by atoms with van der Waals surface area (Å²) in [5, 5.41) is 3.42. The molecule has 1 N–H and O–H groups in total. The molecule has 1 heterocycles. The molecule has 4 heteroatoms. The standard InChI is InChI=1S/C14H30N2O2/c1-16(9-3-11-18-13-12-17-2)10-6-14-4-7-15-8-5-14/h14-15H,3-13H2,1-2H3. The van der Waals surface area contributed by atoms with E-state index in [0.29, 0.717) is 6.61 Å². The second-order valence-electron chi connectivity index (χ2n) is 5.24. The smallest absolute Gasteiger partial charge is 0.0700 e. The molecule has 1 rings (SSSR count). The van der Waals surface area contributed by atoms with Crippen LogP contribution in [0.25, 0.3) is 0 Å². The Morgan fingerprint density at radius 2 is 1.89 bits per heavy atom. The summed E-state index contributed by atoms with van der Waals surface area (Å²) >= 11 is 0. The van der Waals surface area contributed by atoms with Crippen LogP contribution in [0, 0.1) is 5.92 Å². The molecule has 0 aromatic heterocycles. The van der Waals surface area contributed by atoms with E-state index in [1.165, 1.54) is 38.9 Å². The molecule has 0 aromatic carbocycles. The van der Waals surface area contributed by atoms with Gasteiger partial charge in [-0.2, -0.15) is 0 Å². The van der Waals surface area contributed by atoms with Crippen molar-refractivity contribution in [3.05, 3.63) is 0 Å². The number of rotatable bonds is 10. The van der Waals surface area contributed by atoms with E-state index in [1.807, 2.05) is 0 Å². The fraction of sp³-hybridized carbons (Fsp3) is 1.00. The van der Waals surface area contributed by atoms with Gasteiger partial charge in [0, 0.05) is 20.3 Å². The zero-order valence-electron chi connectivity index (χ0n) is 12.1. The average Bonchev–Trinajstić information content (AvgIpc) is 2.41. The predicted octanol–water partition coefficient (Wildman–Crippen LogP) is 1.36. The first kappa shape index (κ1) is 15.9. The number of nitrogens with zero attached hydrogens (tertiary/aromatic N) is 1. The van der Waals surface area contributed by atoms with Crippen molar-refractivity contribution in [3.8, 4) is 0 Å². The van der Waals surface area contributed by atoms with Crippen molar-refractivity contribution in [2.24, 2.45) is 5.92 Å². The van der Waals surface area contributed by atoms with Crippen molar-refractivity contribution in [1.29, 1.82) is 0 Å². The number of hydrogen-bond acceptors (Lipinski definition) is 4. The quantitative estimate of drug-likeness (QED) is 0.600. The van der Waals surface area contributed by atoms with Crippen LogP contribution in [0.1, 0.15) is 25.7 Å². The highest BCUT2D eigenvalue weighted by Crippen LogP contribution is 2.15. The van der Waals surface area contributed by atoms with Crippen molar-refractivity contribution >= 4 is 0 Å². The number of piperidine rings is 1. The Bertz CT molecular complexity index is 185. The van der Waals surface area contributed by atoms with E-state index in [-0.39, 0.29) is 0 Å². The van der Waals surface area contributed by atoms with Gasteiger partial charge >= 0.3 is 0 Å². The molecule has 0 radical (unpaired) electrons. The van der Waals surface area contributed by atoms with Crippen LogP contribution in [-0.2, 0) is 9.47 Å². The van der Waals surface area contributed by atoms with Crippen LogP contribution in [0.3, 0.4) is 0 Å². The second-order valence-corrected chi connectivity index (χ2v) is 5.24. The van der Waals surface area contributed by atoms with Crippen molar-refractivity contribution in [1.82, 2.24) is 10.2 Å². The van der Waals surface area contributed by atoms with Gasteiger partial charge in [0.05, 0.1) is 13.2 Å². The van der Waals surface area contributed by atoms with Crippen molar-refractivity contribution < 1.29 is 9.47 Å². The van der Waals surface area contributed by atoms with Crippen molar-refractivity contribution in [2.75, 3.05) is 60.2 Å². The lowest BCUT2D eigenvalue weighted by molar-refractivity contribution is 0.0660. The third-order valence-electron chi connectivity index (χ3n) is 3.64. The maximum atomic E-state index is 5.46. The van der Waals surface area contributed by atoms with Crippen LogP contribution in [0.15, 0.2) is 0 Å². The minimum absolute atomic E-state index is 0.700. The molecule has 0 saturated carbocycles. The monoisotopic (exact) mass is 258 g/mol. The lowest BCUT2D eigenvalue weighted by atomic mass is 9.94. The van der Waals surface area contributed by atoms with Gasteiger partial charge in [-0.3, -0.25) is 0 Å². The highest BCUT2D eigenvalue weighted by atomic mass is 16.5. The highest BCUT2D eigenvalue weighted by molar-refractivity contribution is 4.69. The molecule has 1 aliphatic rings. The van der Waals surface area contributed by atoms with Crippen LogP contribution in [0.4, 0.5) is 0 Å². The fourth-order valence-electron chi connectivity index (χ4n) is 2.37. The maximum Gasteiger partial charge on any atom is 0.0700 e. The molecule has 0 aliphatic carbocycles. The number of methoxy groups -OCH3 is 1. The first-order valence-corrected chi connectivity index (χ1v) is 7.29. The summed E-state index contributed by atoms with van der Waals surface area (Å²) in [5.41, 5.74) is 0. The minimum Gasteiger partial charge on any atom is -0.382 e. The van der Waals surface area contributed by atoms with E-state index >= 15 is 0 Å². The van der Waals surface area contributed by atoms with E-state index in [0.717, 1.165) is 32.1 Å². The molecule has 1 aliphatic heterocycles. The molecular weight excluding hydrogens is 228 g/mol. The van der Waals surface area contributed by atoms with Crippen LogP contribution >= 0.6 is 0 Å². The Morgan fingerprint density at radius 1 is 1.11 bits per heavy atom. The van der Waals surface area contributed by atoms with E-state index in [9.17, 15) is 0 Å². The molecular formula is C14H30N2O2. The molecule has 4 nitrogen and oxygen atoms in total. The van der Waals surface area contributed by atoms with Gasteiger partial charge in [-0.05, 0) is 58.3 Å². The Kier molecular flexibility index (Phi) is 9.48.